The Morgan fingerprint density at radius 1 is 0.604 bits per heavy atom. The number of aryl methyl sites for hydroxylation is 1. The number of nitrogens with two attached hydrogens (primary N) is 5. The molecule has 0 spiro atoms. The van der Waals surface area contributed by atoms with E-state index in [4.69, 9.17) is 28.7 Å². The van der Waals surface area contributed by atoms with Gasteiger partial charge in [0.25, 0.3) is 11.8 Å². The summed E-state index contributed by atoms with van der Waals surface area (Å²) in [7, 11) is 1.52. The molecular weight excluding hydrogens is 1450 g/mol. The van der Waals surface area contributed by atoms with Gasteiger partial charge >= 0.3 is 0 Å². The molecule has 3 heterocycles. The van der Waals surface area contributed by atoms with Gasteiger partial charge in [0.2, 0.25) is 65.0 Å². The summed E-state index contributed by atoms with van der Waals surface area (Å²) in [6, 6.07) is 11.1. The second kappa shape index (κ2) is 44.9. The lowest BCUT2D eigenvalue weighted by Gasteiger charge is -2.29. The van der Waals surface area contributed by atoms with E-state index in [9.17, 15) is 72.5 Å². The van der Waals surface area contributed by atoms with Crippen LogP contribution in [0.4, 0.5) is 0 Å². The third kappa shape index (κ3) is 27.1. The van der Waals surface area contributed by atoms with E-state index >= 15 is 0 Å². The number of rotatable bonds is 32. The van der Waals surface area contributed by atoms with Crippen molar-refractivity contribution in [2.45, 2.75) is 181 Å². The highest BCUT2D eigenvalue weighted by Gasteiger charge is 2.38. The maximum Gasteiger partial charge on any atom is 0.252 e. The van der Waals surface area contributed by atoms with Crippen molar-refractivity contribution in [2.24, 2.45) is 40.5 Å². The molecule has 35 nitrogen and oxygen atoms in total. The van der Waals surface area contributed by atoms with Gasteiger partial charge in [-0.1, -0.05) is 81.1 Å². The summed E-state index contributed by atoms with van der Waals surface area (Å²) in [6.45, 7) is 5.86. The zero-order valence-corrected chi connectivity index (χ0v) is 63.9. The first kappa shape index (κ1) is 89.3. The zero-order chi connectivity index (χ0) is 81.4. The van der Waals surface area contributed by atoms with Crippen molar-refractivity contribution < 1.29 is 72.5 Å². The van der Waals surface area contributed by atoms with Gasteiger partial charge in [-0.2, -0.15) is 9.78 Å². The summed E-state index contributed by atoms with van der Waals surface area (Å²) in [5.74, 6) is -12.8. The van der Waals surface area contributed by atoms with E-state index in [0.717, 1.165) is 12.5 Å². The molecule has 24 N–H and O–H groups in total. The number of hydrogen-bond acceptors (Lipinski definition) is 23. The van der Waals surface area contributed by atoms with Crippen molar-refractivity contribution >= 4 is 112 Å². The number of fused-ring (bicyclic) bond motifs is 1. The van der Waals surface area contributed by atoms with E-state index < -0.39 is 169 Å². The first-order valence-electron chi connectivity index (χ1n) is 36.9. The first-order valence-corrected chi connectivity index (χ1v) is 37.7. The maximum absolute atomic E-state index is 14.8. The van der Waals surface area contributed by atoms with Crippen LogP contribution in [0.25, 0.3) is 23.1 Å². The average Bonchev–Trinajstić information content (AvgIpc) is 1.63. The molecule has 0 radical (unpaired) electrons. The molecule has 36 heteroatoms. The largest absolute Gasteiger partial charge is 0.391 e. The van der Waals surface area contributed by atoms with Gasteiger partial charge in [-0.25, -0.2) is 0 Å². The predicted molar refractivity (Wildman–Crippen MR) is 414 cm³/mol. The first-order chi connectivity index (χ1) is 53.0. The monoisotopic (exact) mass is 1560 g/mol. The number of carbonyl (C=O) groups excluding carboxylic acids is 13. The van der Waals surface area contributed by atoms with E-state index in [-0.39, 0.29) is 95.9 Å². The Balaban J connectivity index is 1.24. The fourth-order valence-corrected chi connectivity index (χ4v) is 13.0. The lowest BCUT2D eigenvalue weighted by molar-refractivity contribution is -0.137. The third-order valence-electron chi connectivity index (χ3n) is 18.0. The van der Waals surface area contributed by atoms with Crippen LogP contribution in [-0.2, 0) is 59.2 Å². The molecule has 6 rings (SSSR count). The van der Waals surface area contributed by atoms with Crippen molar-refractivity contribution in [1.29, 1.82) is 0 Å². The number of nitrogens with one attached hydrogen (secondary N) is 12. The molecule has 111 heavy (non-hydrogen) atoms. The maximum atomic E-state index is 14.8. The van der Waals surface area contributed by atoms with E-state index in [2.05, 4.69) is 73.9 Å². The van der Waals surface area contributed by atoms with Crippen molar-refractivity contribution in [3.63, 3.8) is 0 Å². The van der Waals surface area contributed by atoms with Crippen molar-refractivity contribution in [1.82, 2.24) is 78.6 Å². The van der Waals surface area contributed by atoms with Crippen molar-refractivity contribution in [3.8, 4) is 0 Å². The van der Waals surface area contributed by atoms with Crippen molar-refractivity contribution in [3.05, 3.63) is 120 Å². The molecule has 3 aromatic carbocycles. The number of nitrogens with zero attached hydrogens (tertiary/aromatic N) is 3. The summed E-state index contributed by atoms with van der Waals surface area (Å²) in [5, 5.41) is 58.0. The average molecular weight is 1560 g/mol. The summed E-state index contributed by atoms with van der Waals surface area (Å²) < 4.78 is 1.18. The van der Waals surface area contributed by atoms with Crippen LogP contribution in [0.1, 0.15) is 125 Å². The highest BCUT2D eigenvalue weighted by molar-refractivity contribution is 7.99. The van der Waals surface area contributed by atoms with Crippen LogP contribution >= 0.6 is 11.8 Å². The molecule has 1 aliphatic heterocycles. The van der Waals surface area contributed by atoms with Crippen LogP contribution in [-0.4, -0.2) is 221 Å². The minimum atomic E-state index is -1.86. The summed E-state index contributed by atoms with van der Waals surface area (Å²) >= 11 is 1.29. The quantitative estimate of drug-likeness (QED) is 0.0209. The third-order valence-corrected chi connectivity index (χ3v) is 19.0. The Labute approximate surface area is 647 Å². The van der Waals surface area contributed by atoms with Gasteiger partial charge in [0.15, 0.2) is 0 Å². The smallest absolute Gasteiger partial charge is 0.252 e. The van der Waals surface area contributed by atoms with Gasteiger partial charge in [0.1, 0.15) is 60.4 Å². The van der Waals surface area contributed by atoms with E-state index in [1.165, 1.54) is 37.3 Å². The van der Waals surface area contributed by atoms with E-state index in [1.54, 1.807) is 111 Å². The van der Waals surface area contributed by atoms with Crippen LogP contribution < -0.4 is 92.5 Å². The molecule has 1 fully saturated rings. The van der Waals surface area contributed by atoms with E-state index in [0.29, 0.717) is 37.6 Å². The summed E-state index contributed by atoms with van der Waals surface area (Å²) in [5.41, 5.74) is 32.3. The molecule has 13 atom stereocenters. The summed E-state index contributed by atoms with van der Waals surface area (Å²) in [4.78, 5) is 190. The van der Waals surface area contributed by atoms with Crippen LogP contribution in [0.3, 0.4) is 0 Å². The molecule has 0 bridgehead atoms. The van der Waals surface area contributed by atoms with Crippen LogP contribution in [0, 0.1) is 11.8 Å². The minimum absolute atomic E-state index is 0.0258. The molecule has 0 aliphatic carbocycles. The molecule has 602 valence electrons. The number of amides is 12. The number of aliphatic hydroxyl groups is 2. The van der Waals surface area contributed by atoms with E-state index in [1.807, 2.05) is 12.1 Å². The van der Waals surface area contributed by atoms with Gasteiger partial charge in [-0.15, -0.1) is 0 Å². The number of aliphatic hydroxyl groups excluding tert-OH is 2. The zero-order valence-electron chi connectivity index (χ0n) is 63.1. The normalized spacial score (nSPS) is 20.3. The molecule has 5 unspecified atom stereocenters. The second-order valence-electron chi connectivity index (χ2n) is 27.3. The Morgan fingerprint density at radius 3 is 1.73 bits per heavy atom. The Hall–Kier alpha value is -10.6. The Bertz CT molecular complexity index is 4050. The molecule has 2 aromatic heterocycles. The molecular formula is C75H106N20O15S. The van der Waals surface area contributed by atoms with Gasteiger partial charge < -0.3 is 103 Å². The Kier molecular flexibility index (Phi) is 36.1. The standard InChI is InChI=1S/C75H106N20O15S/c1-41(2)38-58-72(107)88-54(27-33-78)67(102)87-56(29-35-80)71(106)92-62(43(4)96)73(108)83-37-30-57(69(104)86-53(26-32-77)66(101)85-51(65(100)91-58)23-19-45-14-8-7-9-15-45)89-68(103)55(28-34-79)90-74(109)63(44(5)97)93-70(105)52(25-31-76)84-61(98)39-42(3)75(110)95-59-40-47(111-60-18-11-10-17-49(60)64(99)81-6)21-22-48(59)50(94-95)24-20-46-16-12-13-36-82-46/h7-18,20-22,24,36,40-44,51-58,62-63,96-97H,19,23,25-35,37-39,76-80H2,1-6H3,(H,81,99)(H,83,108)(H,84,98)(H,85,101)(H,86,104)(H,87,102)(H,88,107)(H,89,103)(H,90,109)(H,91,100)(H,92,106)(H,93,105)/b24-20+/t42?,43-,44?,51-,52?,53-,54-,55-,56-,57+,58?,62?,63+/m0/s1. The van der Waals surface area contributed by atoms with Gasteiger partial charge in [0.05, 0.1) is 34.7 Å². The highest BCUT2D eigenvalue weighted by Crippen LogP contribution is 2.34. The van der Waals surface area contributed by atoms with Crippen LogP contribution in [0.2, 0.25) is 0 Å². The topological polar surface area (TPSA) is 568 Å². The fourth-order valence-electron chi connectivity index (χ4n) is 12.0. The van der Waals surface area contributed by atoms with Gasteiger partial charge in [-0.05, 0) is 170 Å². The predicted octanol–water partition coefficient (Wildman–Crippen LogP) is -2.67. The lowest BCUT2D eigenvalue weighted by atomic mass is 10.00. The Morgan fingerprint density at radius 2 is 1.16 bits per heavy atom. The summed E-state index contributed by atoms with van der Waals surface area (Å²) in [6.07, 6.45) is -0.275. The number of carbonyl (C=O) groups is 13. The number of benzene rings is 3. The fraction of sp³-hybridized carbons (Fsp3) is 0.480. The van der Waals surface area contributed by atoms with Crippen LogP contribution in [0.5, 0.6) is 0 Å². The molecule has 5 aromatic rings. The number of pyridine rings is 1. The molecule has 0 saturated carbocycles. The minimum Gasteiger partial charge on any atom is -0.391 e. The second-order valence-corrected chi connectivity index (χ2v) is 28.4. The molecule has 12 amide bonds. The van der Waals surface area contributed by atoms with Gasteiger partial charge in [0, 0.05) is 47.3 Å². The van der Waals surface area contributed by atoms with Crippen molar-refractivity contribution in [2.75, 3.05) is 46.3 Å². The number of aromatic nitrogens is 3. The van der Waals surface area contributed by atoms with Gasteiger partial charge in [-0.3, -0.25) is 67.3 Å². The highest BCUT2D eigenvalue weighted by atomic mass is 32.2. The number of hydrogen-bond donors (Lipinski definition) is 19. The lowest BCUT2D eigenvalue weighted by Crippen LogP contribution is -2.62. The molecule has 1 saturated heterocycles. The SMILES string of the molecule is CNC(=O)c1ccccc1Sc1ccc2c(/C=C/c3ccccn3)nn(C(=O)C(C)CC(=O)NC(CCN)C(=O)N[C@@H](C(=O)N[C@@H](CCN)C(=O)N[C@@H]3CCNC(=O)C([C@H](C)O)NC(=O)[C@H](CCN)NC(=O)[C@H](CCN)NC(=O)C(CC(C)C)NC(=O)[C@H](CCc4ccccc4)NC(=O)[C@H](CCN)NC3=O)C(C)O)c2c1. The van der Waals surface area contributed by atoms with Crippen LogP contribution in [0.15, 0.2) is 107 Å². The molecule has 1 aliphatic rings.